The Labute approximate surface area is 668 Å². The molecule has 8 N–H and O–H groups in total. The molecule has 5 aromatic carbocycles. The second kappa shape index (κ2) is 34.0. The number of likely N-dealkylation sites (tertiary alicyclic amines) is 4. The molecule has 1 aliphatic carbocycles. The van der Waals surface area contributed by atoms with Gasteiger partial charge in [-0.3, -0.25) is 48.6 Å². The van der Waals surface area contributed by atoms with E-state index in [0.29, 0.717) is 131 Å². The van der Waals surface area contributed by atoms with Crippen LogP contribution in [0.4, 0.5) is 35.1 Å². The van der Waals surface area contributed by atoms with Crippen LogP contribution < -0.4 is 22.9 Å². The van der Waals surface area contributed by atoms with E-state index >= 15 is 0 Å². The molecule has 16 atom stereocenters. The molecular weight excluding hydrogens is 1560 g/mol. The van der Waals surface area contributed by atoms with Gasteiger partial charge in [0.05, 0.1) is 62.9 Å². The molecule has 0 radical (unpaired) electrons. The minimum atomic E-state index is -3.42. The monoisotopic (exact) mass is 1660 g/mol. The molecule has 12 aliphatic heterocycles. The van der Waals surface area contributed by atoms with Crippen LogP contribution in [0.25, 0.3) is 0 Å². The first-order valence-electron chi connectivity index (χ1n) is 39.3. The van der Waals surface area contributed by atoms with Crippen molar-refractivity contribution >= 4 is 43.9 Å². The van der Waals surface area contributed by atoms with Crippen molar-refractivity contribution in [2.75, 3.05) is 125 Å². The number of hydrogen-bond donors (Lipinski definition) is 4. The van der Waals surface area contributed by atoms with E-state index in [4.69, 9.17) is 41.9 Å². The Bertz CT molecular complexity index is 4800. The molecule has 4 amide bonds. The number of hydrogen-bond acceptors (Lipinski definition) is 20. The van der Waals surface area contributed by atoms with Gasteiger partial charge in [-0.05, 0) is 139 Å². The normalized spacial score (nSPS) is 31.5. The zero-order valence-electron chi connectivity index (χ0n) is 64.5. The molecule has 626 valence electrons. The molecule has 18 rings (SSSR count). The third-order valence-electron chi connectivity index (χ3n) is 25.1. The third kappa shape index (κ3) is 17.4. The highest BCUT2D eigenvalue weighted by atomic mass is 32.2. The highest BCUT2D eigenvalue weighted by Gasteiger charge is 2.58. The van der Waals surface area contributed by atoms with Gasteiger partial charge in [0.15, 0.2) is 0 Å². The zero-order valence-corrected chi connectivity index (χ0v) is 66.1. The van der Waals surface area contributed by atoms with Crippen molar-refractivity contribution in [3.63, 3.8) is 0 Å². The Kier molecular flexibility index (Phi) is 24.5. The van der Waals surface area contributed by atoms with E-state index in [1.54, 1.807) is 0 Å². The van der Waals surface area contributed by atoms with Crippen molar-refractivity contribution in [2.24, 2.45) is 46.6 Å². The average molecular weight is 1660 g/mol. The van der Waals surface area contributed by atoms with E-state index in [1.165, 1.54) is 43.1 Å². The standard InChI is InChI=1S/C24H25F2N3O3.C20H23F2N3O3.C19H26F2N4O3S.C18H23F2N3O3S/c25-15-6-7-20(26)17(8-15)22-21(27)9-16(13-32-22)28-11-18-19(12-28)24(31)29(23(18)30)10-14-4-2-1-3-5-14;21-10-1-4-16(22)13(5-10)18-17(23)6-12(9-28-18)24-7-14-15(8-24)20(27)25(19(14)26)11-2-3-11;1-23(2)29(26,27)25-9-12-7-24(8-13(12)10-25)15-6-18(22)19(28-11-15)16-5-14(20)3-4-17(16)21;1-27(24,25)23-8-11-6-22(7-12(11)9-23)14-5-17(21)18(26-10-14)15-4-13(19)2-3-16(15)20/h1-8,16,18-19,21-22H,9-13,27H2;1,4-5,11-12,14-15,17-18H,2-3,6-9,23H2;3-5,15,18-19H,6-11,22H2,1-2H3;2-4,14,17-18H,5-10,21H2,1H3/t16-,18?,19?,21+,22-;12-,14?,15?,17+,18-;15-,18+,19-;14-,17+,18-/m1111/s1. The maximum absolute atomic E-state index is 14.2. The summed E-state index contributed by atoms with van der Waals surface area (Å²) in [6, 6.07) is 20.9. The molecule has 4 unspecified atom stereocenters. The fraction of sp³-hybridized carbons (Fsp3) is 0.531. The molecule has 0 aromatic heterocycles. The van der Waals surface area contributed by atoms with Crippen LogP contribution in [-0.2, 0) is 64.9 Å². The van der Waals surface area contributed by atoms with Crippen molar-refractivity contribution in [1.82, 2.24) is 42.3 Å². The Hall–Kier alpha value is -7.40. The number of nitrogens with two attached hydrogens (primary N) is 4. The summed E-state index contributed by atoms with van der Waals surface area (Å²) in [6.07, 6.45) is 2.55. The van der Waals surface area contributed by atoms with Gasteiger partial charge in [0.25, 0.3) is 10.2 Å². The van der Waals surface area contributed by atoms with Gasteiger partial charge in [-0.1, -0.05) is 30.3 Å². The second-order valence-corrected chi connectivity index (χ2v) is 37.2. The number of rotatable bonds is 14. The van der Waals surface area contributed by atoms with Crippen molar-refractivity contribution in [3.05, 3.63) is 200 Å². The van der Waals surface area contributed by atoms with Gasteiger partial charge in [0.2, 0.25) is 33.7 Å². The lowest BCUT2D eigenvalue weighted by Crippen LogP contribution is -2.50. The number of fused-ring (bicyclic) bond motifs is 2. The SMILES string of the molecule is CN(C)S(=O)(=O)N1CC2=C(CN([C@H]3CO[C@H](c4cc(F)ccc4F)[C@@H](N)C3)C2)C1.CS(=O)(=O)N1CC2=C(CN([C@H]3CO[C@H](c4cc(F)ccc4F)[C@@H](N)C3)C2)C1.N[C@H]1C[C@@H](N2CC3C(=O)N(C4CC4)C(=O)C3C2)CO[C@@H]1c1cc(F)ccc1F.N[C@H]1C[C@@H](N2CC3C(=O)N(Cc4ccccc4)C(=O)C3C2)CO[C@@H]1c1cc(F)ccc1F. The molecule has 12 heterocycles. The first-order chi connectivity index (χ1) is 55.2. The molecule has 0 spiro atoms. The number of benzene rings is 5. The quantitative estimate of drug-likeness (QED) is 0.0622. The van der Waals surface area contributed by atoms with Gasteiger partial charge in [0, 0.05) is 169 Å². The van der Waals surface area contributed by atoms with Crippen LogP contribution in [0.5, 0.6) is 0 Å². The summed E-state index contributed by atoms with van der Waals surface area (Å²) in [7, 11) is -3.54. The van der Waals surface area contributed by atoms with Crippen molar-refractivity contribution in [1.29, 1.82) is 0 Å². The molecule has 116 heavy (non-hydrogen) atoms. The molecule has 25 nitrogen and oxygen atoms in total. The molecule has 0 bridgehead atoms. The molecule has 9 fully saturated rings. The summed E-state index contributed by atoms with van der Waals surface area (Å²) in [6.45, 7) is 8.08. The van der Waals surface area contributed by atoms with E-state index in [2.05, 4.69) is 19.6 Å². The minimum absolute atomic E-state index is 0.0385. The minimum Gasteiger partial charge on any atom is -0.370 e. The van der Waals surface area contributed by atoms with Gasteiger partial charge in [-0.15, -0.1) is 0 Å². The van der Waals surface area contributed by atoms with Gasteiger partial charge < -0.3 is 41.9 Å². The Morgan fingerprint density at radius 2 is 0.698 bits per heavy atom. The van der Waals surface area contributed by atoms with Crippen LogP contribution >= 0.6 is 0 Å². The maximum Gasteiger partial charge on any atom is 0.282 e. The molecular formula is C81H97F8N13O12S2. The van der Waals surface area contributed by atoms with Crippen molar-refractivity contribution in [3.8, 4) is 0 Å². The number of amides is 4. The van der Waals surface area contributed by atoms with Gasteiger partial charge in [-0.25, -0.2) is 43.5 Å². The van der Waals surface area contributed by atoms with Crippen LogP contribution in [0.1, 0.15) is 90.8 Å². The molecule has 5 aromatic rings. The number of imide groups is 2. The first kappa shape index (κ1) is 83.7. The molecule has 13 aliphatic rings. The predicted octanol–water partition coefficient (Wildman–Crippen LogP) is 5.31. The number of carbonyl (C=O) groups excluding carboxylic acids is 4. The van der Waals surface area contributed by atoms with Crippen LogP contribution in [0.15, 0.2) is 125 Å². The Morgan fingerprint density at radius 3 is 0.991 bits per heavy atom. The first-order valence-corrected chi connectivity index (χ1v) is 42.5. The summed E-state index contributed by atoms with van der Waals surface area (Å²) >= 11 is 0. The van der Waals surface area contributed by atoms with E-state index < -0.39 is 115 Å². The Morgan fingerprint density at radius 1 is 0.397 bits per heavy atom. The van der Waals surface area contributed by atoms with Gasteiger partial charge >= 0.3 is 0 Å². The van der Waals surface area contributed by atoms with Gasteiger partial charge in [-0.2, -0.15) is 21.3 Å². The molecule has 8 saturated heterocycles. The highest BCUT2D eigenvalue weighted by Crippen LogP contribution is 2.45. The lowest BCUT2D eigenvalue weighted by molar-refractivity contribution is -0.143. The van der Waals surface area contributed by atoms with E-state index in [1.807, 2.05) is 30.3 Å². The topological polar surface area (TPSA) is 307 Å². The van der Waals surface area contributed by atoms with Crippen LogP contribution in [-0.4, -0.2) is 262 Å². The number of carbonyl (C=O) groups is 4. The summed E-state index contributed by atoms with van der Waals surface area (Å²) < 4.78 is 186. The third-order valence-corrected chi connectivity index (χ3v) is 28.1. The summed E-state index contributed by atoms with van der Waals surface area (Å²) in [5.74, 6) is -5.83. The summed E-state index contributed by atoms with van der Waals surface area (Å²) in [5, 5.41) is 0. The molecule has 35 heteroatoms. The van der Waals surface area contributed by atoms with Crippen molar-refractivity contribution in [2.45, 2.75) is 124 Å². The lowest BCUT2D eigenvalue weighted by atomic mass is 9.93. The predicted molar refractivity (Wildman–Crippen MR) is 408 cm³/mol. The molecule has 1 saturated carbocycles. The number of sulfonamides is 1. The largest absolute Gasteiger partial charge is 0.370 e. The zero-order chi connectivity index (χ0) is 82.2. The smallest absolute Gasteiger partial charge is 0.282 e. The van der Waals surface area contributed by atoms with E-state index in [9.17, 15) is 71.1 Å². The fourth-order valence-electron chi connectivity index (χ4n) is 18.8. The number of ether oxygens (including phenoxy) is 4. The Balaban J connectivity index is 0.000000122. The average Bonchev–Trinajstić information content (AvgIpc) is 1.52. The fourth-order valence-corrected chi connectivity index (χ4v) is 20.6. The highest BCUT2D eigenvalue weighted by molar-refractivity contribution is 7.88. The van der Waals surface area contributed by atoms with Crippen LogP contribution in [0.2, 0.25) is 0 Å². The van der Waals surface area contributed by atoms with Crippen LogP contribution in [0.3, 0.4) is 0 Å². The van der Waals surface area contributed by atoms with Gasteiger partial charge in [0.1, 0.15) is 71.0 Å². The second-order valence-electron chi connectivity index (χ2n) is 33.1. The lowest BCUT2D eigenvalue weighted by Gasteiger charge is -2.39. The van der Waals surface area contributed by atoms with Crippen LogP contribution in [0, 0.1) is 70.2 Å². The van der Waals surface area contributed by atoms with Crippen molar-refractivity contribution < 1.29 is 90.1 Å². The summed E-state index contributed by atoms with van der Waals surface area (Å²) in [5.41, 5.74) is 31.1. The number of nitrogens with zero attached hydrogens (tertiary/aromatic N) is 9. The van der Waals surface area contributed by atoms with E-state index in [0.717, 1.165) is 113 Å². The summed E-state index contributed by atoms with van der Waals surface area (Å²) in [4.78, 5) is 62.7. The maximum atomic E-state index is 14.2. The van der Waals surface area contributed by atoms with E-state index in [-0.39, 0.29) is 106 Å². The number of halogens is 8.